The van der Waals surface area contributed by atoms with E-state index in [1.807, 2.05) is 6.92 Å². The first-order valence-electron chi connectivity index (χ1n) is 5.55. The van der Waals surface area contributed by atoms with Crippen molar-refractivity contribution in [3.05, 3.63) is 46.2 Å². The molecule has 4 nitrogen and oxygen atoms in total. The van der Waals surface area contributed by atoms with Crippen LogP contribution in [0.2, 0.25) is 0 Å². The van der Waals surface area contributed by atoms with Crippen molar-refractivity contribution in [3.8, 4) is 0 Å². The summed E-state index contributed by atoms with van der Waals surface area (Å²) in [4.78, 5) is 12.4. The molecule has 0 aliphatic heterocycles. The van der Waals surface area contributed by atoms with E-state index in [4.69, 9.17) is 0 Å². The van der Waals surface area contributed by atoms with Gasteiger partial charge in [-0.2, -0.15) is 0 Å². The molecule has 0 saturated carbocycles. The van der Waals surface area contributed by atoms with Crippen LogP contribution in [0.3, 0.4) is 0 Å². The molecule has 6 heteroatoms. The zero-order chi connectivity index (χ0) is 13.0. The van der Waals surface area contributed by atoms with Gasteiger partial charge in [-0.15, -0.1) is 5.10 Å². The molecule has 2 aromatic rings. The molecule has 0 spiro atoms. The van der Waals surface area contributed by atoms with E-state index in [0.29, 0.717) is 22.6 Å². The SMILES string of the molecule is CCc1nnsc1C(=O)NCc1ccccc1F. The van der Waals surface area contributed by atoms with Crippen molar-refractivity contribution in [1.29, 1.82) is 0 Å². The van der Waals surface area contributed by atoms with Gasteiger partial charge in [0.25, 0.3) is 5.91 Å². The molecule has 0 bridgehead atoms. The van der Waals surface area contributed by atoms with Crippen LogP contribution in [0, 0.1) is 5.82 Å². The smallest absolute Gasteiger partial charge is 0.265 e. The molecule has 1 heterocycles. The van der Waals surface area contributed by atoms with Crippen LogP contribution in [0.25, 0.3) is 0 Å². The number of amides is 1. The molecular weight excluding hydrogens is 253 g/mol. The molecular formula is C12H12FN3OS. The largest absolute Gasteiger partial charge is 0.347 e. The molecule has 0 aliphatic rings. The summed E-state index contributed by atoms with van der Waals surface area (Å²) >= 11 is 1.05. The average molecular weight is 265 g/mol. The maximum Gasteiger partial charge on any atom is 0.265 e. The molecule has 1 aromatic carbocycles. The highest BCUT2D eigenvalue weighted by atomic mass is 32.1. The zero-order valence-corrected chi connectivity index (χ0v) is 10.6. The molecule has 2 rings (SSSR count). The number of nitrogens with zero attached hydrogens (tertiary/aromatic N) is 2. The van der Waals surface area contributed by atoms with Gasteiger partial charge in [-0.1, -0.05) is 29.6 Å². The van der Waals surface area contributed by atoms with E-state index < -0.39 is 0 Å². The van der Waals surface area contributed by atoms with Gasteiger partial charge in [0.15, 0.2) is 0 Å². The maximum atomic E-state index is 13.4. The van der Waals surface area contributed by atoms with Crippen molar-refractivity contribution in [2.75, 3.05) is 0 Å². The molecule has 0 saturated heterocycles. The van der Waals surface area contributed by atoms with E-state index in [-0.39, 0.29) is 18.3 Å². The number of aryl methyl sites for hydroxylation is 1. The molecule has 1 aromatic heterocycles. The summed E-state index contributed by atoms with van der Waals surface area (Å²) in [6.45, 7) is 2.07. The average Bonchev–Trinajstić information content (AvgIpc) is 2.86. The number of carbonyl (C=O) groups is 1. The molecule has 0 aliphatic carbocycles. The normalized spacial score (nSPS) is 10.3. The van der Waals surface area contributed by atoms with Gasteiger partial charge in [0.1, 0.15) is 10.7 Å². The highest BCUT2D eigenvalue weighted by molar-refractivity contribution is 7.08. The molecule has 1 amide bonds. The number of nitrogens with one attached hydrogen (secondary N) is 1. The van der Waals surface area contributed by atoms with E-state index >= 15 is 0 Å². The first-order valence-corrected chi connectivity index (χ1v) is 6.32. The van der Waals surface area contributed by atoms with Gasteiger partial charge in [-0.3, -0.25) is 4.79 Å². The minimum absolute atomic E-state index is 0.159. The van der Waals surface area contributed by atoms with Crippen molar-refractivity contribution < 1.29 is 9.18 Å². The lowest BCUT2D eigenvalue weighted by Crippen LogP contribution is -2.23. The molecule has 94 valence electrons. The van der Waals surface area contributed by atoms with Crippen molar-refractivity contribution in [3.63, 3.8) is 0 Å². The molecule has 0 atom stereocenters. The predicted molar refractivity (Wildman–Crippen MR) is 66.9 cm³/mol. The lowest BCUT2D eigenvalue weighted by Gasteiger charge is -2.05. The highest BCUT2D eigenvalue weighted by Crippen LogP contribution is 2.12. The lowest BCUT2D eigenvalue weighted by molar-refractivity contribution is 0.0953. The summed E-state index contributed by atoms with van der Waals surface area (Å²) < 4.78 is 17.1. The Morgan fingerprint density at radius 3 is 2.94 bits per heavy atom. The Hall–Kier alpha value is -1.82. The molecule has 0 radical (unpaired) electrons. The van der Waals surface area contributed by atoms with E-state index in [2.05, 4.69) is 14.9 Å². The van der Waals surface area contributed by atoms with Gasteiger partial charge < -0.3 is 5.32 Å². The van der Waals surface area contributed by atoms with Gasteiger partial charge in [-0.25, -0.2) is 4.39 Å². The number of aromatic nitrogens is 2. The quantitative estimate of drug-likeness (QED) is 0.921. The summed E-state index contributed by atoms with van der Waals surface area (Å²) in [5.74, 6) is -0.582. The fourth-order valence-electron chi connectivity index (χ4n) is 1.51. The molecule has 0 unspecified atom stereocenters. The summed E-state index contributed by atoms with van der Waals surface area (Å²) in [7, 11) is 0. The summed E-state index contributed by atoms with van der Waals surface area (Å²) in [5.41, 5.74) is 1.13. The number of halogens is 1. The van der Waals surface area contributed by atoms with Crippen molar-refractivity contribution in [1.82, 2.24) is 14.9 Å². The number of hydrogen-bond acceptors (Lipinski definition) is 4. The summed E-state index contributed by atoms with van der Waals surface area (Å²) in [5, 5.41) is 6.53. The Morgan fingerprint density at radius 1 is 1.44 bits per heavy atom. The van der Waals surface area contributed by atoms with Crippen LogP contribution < -0.4 is 5.32 Å². The predicted octanol–water partition coefficient (Wildman–Crippen LogP) is 2.17. The first-order chi connectivity index (χ1) is 8.72. The van der Waals surface area contributed by atoms with Crippen LogP contribution in [-0.2, 0) is 13.0 Å². The Labute approximate surface area is 108 Å². The van der Waals surface area contributed by atoms with E-state index in [0.717, 1.165) is 11.5 Å². The minimum atomic E-state index is -0.323. The van der Waals surface area contributed by atoms with Crippen molar-refractivity contribution >= 4 is 17.4 Å². The second-order valence-electron chi connectivity index (χ2n) is 3.68. The zero-order valence-electron chi connectivity index (χ0n) is 9.81. The first kappa shape index (κ1) is 12.6. The summed E-state index contributed by atoms with van der Waals surface area (Å²) in [6, 6.07) is 6.35. The third-order valence-corrected chi connectivity index (χ3v) is 3.26. The second kappa shape index (κ2) is 5.68. The third-order valence-electron chi connectivity index (χ3n) is 2.49. The van der Waals surface area contributed by atoms with Crippen LogP contribution in [-0.4, -0.2) is 15.5 Å². The van der Waals surface area contributed by atoms with E-state index in [1.165, 1.54) is 6.07 Å². The molecule has 1 N–H and O–H groups in total. The lowest BCUT2D eigenvalue weighted by atomic mass is 10.2. The van der Waals surface area contributed by atoms with E-state index in [1.54, 1.807) is 18.2 Å². The van der Waals surface area contributed by atoms with Crippen molar-refractivity contribution in [2.24, 2.45) is 0 Å². The fraction of sp³-hybridized carbons (Fsp3) is 0.250. The number of hydrogen-bond donors (Lipinski definition) is 1. The Morgan fingerprint density at radius 2 is 2.22 bits per heavy atom. The topological polar surface area (TPSA) is 54.9 Å². The summed E-state index contributed by atoms with van der Waals surface area (Å²) in [6.07, 6.45) is 0.652. The van der Waals surface area contributed by atoms with Gasteiger partial charge >= 0.3 is 0 Å². The second-order valence-corrected chi connectivity index (χ2v) is 4.43. The van der Waals surface area contributed by atoms with Gasteiger partial charge in [-0.05, 0) is 24.0 Å². The Bertz CT molecular complexity index is 556. The van der Waals surface area contributed by atoms with Gasteiger partial charge in [0.05, 0.1) is 5.69 Å². The third kappa shape index (κ3) is 2.70. The maximum absolute atomic E-state index is 13.4. The monoisotopic (exact) mass is 265 g/mol. The van der Waals surface area contributed by atoms with Crippen LogP contribution in [0.5, 0.6) is 0 Å². The molecule has 0 fully saturated rings. The fourth-order valence-corrected chi connectivity index (χ4v) is 2.18. The van der Waals surface area contributed by atoms with Gasteiger partial charge in [0.2, 0.25) is 0 Å². The van der Waals surface area contributed by atoms with Crippen LogP contribution >= 0.6 is 11.5 Å². The number of benzene rings is 1. The van der Waals surface area contributed by atoms with E-state index in [9.17, 15) is 9.18 Å². The van der Waals surface area contributed by atoms with Crippen molar-refractivity contribution in [2.45, 2.75) is 19.9 Å². The Balaban J connectivity index is 2.03. The van der Waals surface area contributed by atoms with Gasteiger partial charge in [0, 0.05) is 12.1 Å². The number of rotatable bonds is 4. The van der Waals surface area contributed by atoms with Crippen LogP contribution in [0.4, 0.5) is 4.39 Å². The van der Waals surface area contributed by atoms with Crippen LogP contribution in [0.15, 0.2) is 24.3 Å². The standard InChI is InChI=1S/C12H12FN3OS/c1-2-10-11(18-16-15-10)12(17)14-7-8-5-3-4-6-9(8)13/h3-6H,2,7H2,1H3,(H,14,17). The highest BCUT2D eigenvalue weighted by Gasteiger charge is 2.14. The minimum Gasteiger partial charge on any atom is -0.347 e. The Kier molecular flexibility index (Phi) is 3.99. The van der Waals surface area contributed by atoms with Crippen LogP contribution in [0.1, 0.15) is 27.9 Å². The molecule has 18 heavy (non-hydrogen) atoms. The number of carbonyl (C=O) groups excluding carboxylic acids is 1.